The van der Waals surface area contributed by atoms with Gasteiger partial charge in [-0.25, -0.2) is 4.98 Å². The third kappa shape index (κ3) is 4.21. The number of methoxy groups -OCH3 is 3. The van der Waals surface area contributed by atoms with Gasteiger partial charge in [0.2, 0.25) is 0 Å². The Balaban J connectivity index is 1.34. The van der Waals surface area contributed by atoms with Gasteiger partial charge in [0.05, 0.1) is 37.9 Å². The molecule has 0 radical (unpaired) electrons. The minimum absolute atomic E-state index is 0.0102. The number of carbonyl (C=O) groups excluding carboxylic acids is 1. The molecule has 7 nitrogen and oxygen atoms in total. The van der Waals surface area contributed by atoms with Gasteiger partial charge in [0.1, 0.15) is 23.6 Å². The van der Waals surface area contributed by atoms with Crippen molar-refractivity contribution in [2.75, 3.05) is 34.4 Å². The lowest BCUT2D eigenvalue weighted by atomic mass is 9.96. The highest BCUT2D eigenvalue weighted by atomic mass is 16.5. The van der Waals surface area contributed by atoms with E-state index in [2.05, 4.69) is 11.1 Å². The van der Waals surface area contributed by atoms with Crippen molar-refractivity contribution in [1.29, 1.82) is 0 Å². The fourth-order valence-corrected chi connectivity index (χ4v) is 4.51. The maximum Gasteiger partial charge on any atom is 0.254 e. The van der Waals surface area contributed by atoms with E-state index in [0.717, 1.165) is 27.9 Å². The van der Waals surface area contributed by atoms with E-state index < -0.39 is 0 Å². The topological polar surface area (TPSA) is 65.8 Å². The smallest absolute Gasteiger partial charge is 0.254 e. The number of aromatic nitrogens is 2. The van der Waals surface area contributed by atoms with Gasteiger partial charge < -0.3 is 19.1 Å². The molecule has 2 heterocycles. The molecule has 0 bridgehead atoms. The van der Waals surface area contributed by atoms with Gasteiger partial charge in [0.15, 0.2) is 0 Å². The fraction of sp³-hybridized carbons (Fsp3) is 0.214. The highest BCUT2D eigenvalue weighted by Crippen LogP contribution is 2.41. The number of hydrogen-bond acceptors (Lipinski definition) is 5. The molecular formula is C28H27N3O4. The lowest BCUT2D eigenvalue weighted by Crippen LogP contribution is -2.34. The van der Waals surface area contributed by atoms with E-state index >= 15 is 0 Å². The molecule has 1 aromatic heterocycles. The number of para-hydroxylation sites is 2. The predicted octanol–water partition coefficient (Wildman–Crippen LogP) is 4.98. The Hall–Kier alpha value is -4.26. The minimum Gasteiger partial charge on any atom is -0.496 e. The quantitative estimate of drug-likeness (QED) is 0.398. The van der Waals surface area contributed by atoms with Crippen LogP contribution >= 0.6 is 0 Å². The Bertz CT molecular complexity index is 1380. The zero-order valence-electron chi connectivity index (χ0n) is 20.0. The van der Waals surface area contributed by atoms with E-state index in [1.165, 1.54) is 0 Å². The third-order valence-corrected chi connectivity index (χ3v) is 6.38. The molecule has 0 fully saturated rings. The van der Waals surface area contributed by atoms with Gasteiger partial charge in [-0.15, -0.1) is 0 Å². The van der Waals surface area contributed by atoms with Gasteiger partial charge in [-0.2, -0.15) is 0 Å². The number of benzene rings is 3. The number of ether oxygens (including phenoxy) is 3. The van der Waals surface area contributed by atoms with E-state index in [4.69, 9.17) is 14.2 Å². The van der Waals surface area contributed by atoms with E-state index in [-0.39, 0.29) is 5.91 Å². The molecule has 0 atom stereocenters. The van der Waals surface area contributed by atoms with E-state index in [0.29, 0.717) is 42.3 Å². The lowest BCUT2D eigenvalue weighted by molar-refractivity contribution is 0.0773. The molecule has 5 rings (SSSR count). The summed E-state index contributed by atoms with van der Waals surface area (Å²) >= 11 is 0. The summed E-state index contributed by atoms with van der Waals surface area (Å²) in [6.45, 7) is 1.12. The average molecular weight is 470 g/mol. The molecule has 35 heavy (non-hydrogen) atoms. The summed E-state index contributed by atoms with van der Waals surface area (Å²) < 4.78 is 18.6. The Morgan fingerprint density at radius 3 is 2.26 bits per heavy atom. The summed E-state index contributed by atoms with van der Waals surface area (Å²) in [5.41, 5.74) is 5.59. The normalized spacial score (nSPS) is 13.5. The van der Waals surface area contributed by atoms with Gasteiger partial charge >= 0.3 is 0 Å². The number of rotatable bonds is 6. The Labute approximate surface area is 204 Å². The van der Waals surface area contributed by atoms with Crippen molar-refractivity contribution in [1.82, 2.24) is 14.5 Å². The number of carbonyl (C=O) groups is 1. The average Bonchev–Trinajstić information content (AvgIpc) is 3.36. The second kappa shape index (κ2) is 9.54. The molecule has 1 aliphatic rings. The lowest BCUT2D eigenvalue weighted by Gasteiger charge is -2.28. The monoisotopic (exact) mass is 469 g/mol. The number of fused-ring (bicyclic) bond motifs is 1. The van der Waals surface area contributed by atoms with E-state index in [9.17, 15) is 4.79 Å². The van der Waals surface area contributed by atoms with Crippen LogP contribution in [-0.2, 0) is 0 Å². The molecule has 1 amide bonds. The van der Waals surface area contributed by atoms with Crippen molar-refractivity contribution < 1.29 is 19.0 Å². The molecule has 0 aliphatic carbocycles. The predicted molar refractivity (Wildman–Crippen MR) is 136 cm³/mol. The second-order valence-corrected chi connectivity index (χ2v) is 8.29. The summed E-state index contributed by atoms with van der Waals surface area (Å²) in [6.07, 6.45) is 4.57. The van der Waals surface area contributed by atoms with Crippen LogP contribution in [0.3, 0.4) is 0 Å². The molecule has 0 saturated heterocycles. The maximum absolute atomic E-state index is 13.2. The van der Waals surface area contributed by atoms with Crippen LogP contribution in [0.5, 0.6) is 17.2 Å². The summed E-state index contributed by atoms with van der Waals surface area (Å²) in [5, 5.41) is 0. The van der Waals surface area contributed by atoms with Gasteiger partial charge in [0.25, 0.3) is 5.91 Å². The molecule has 0 saturated carbocycles. The first-order valence-corrected chi connectivity index (χ1v) is 11.4. The minimum atomic E-state index is 0.0102. The van der Waals surface area contributed by atoms with Crippen LogP contribution in [0.25, 0.3) is 22.3 Å². The molecule has 1 aliphatic heterocycles. The van der Waals surface area contributed by atoms with Crippen molar-refractivity contribution >= 4 is 22.5 Å². The fourth-order valence-electron chi connectivity index (χ4n) is 4.51. The molecular weight excluding hydrogens is 442 g/mol. The van der Waals surface area contributed by atoms with Gasteiger partial charge in [-0.1, -0.05) is 18.2 Å². The summed E-state index contributed by atoms with van der Waals surface area (Å²) in [7, 11) is 4.88. The molecule has 3 aromatic carbocycles. The molecule has 0 N–H and O–H groups in total. The van der Waals surface area contributed by atoms with Gasteiger partial charge in [0, 0.05) is 36.5 Å². The Morgan fingerprint density at radius 2 is 1.63 bits per heavy atom. The van der Waals surface area contributed by atoms with Crippen molar-refractivity contribution in [3.8, 4) is 22.9 Å². The molecule has 0 spiro atoms. The molecule has 7 heteroatoms. The van der Waals surface area contributed by atoms with Crippen LogP contribution in [-0.4, -0.2) is 54.8 Å². The third-order valence-electron chi connectivity index (χ3n) is 6.38. The van der Waals surface area contributed by atoms with E-state index in [1.807, 2.05) is 70.1 Å². The number of amides is 1. The highest BCUT2D eigenvalue weighted by molar-refractivity contribution is 5.95. The molecule has 4 aromatic rings. The van der Waals surface area contributed by atoms with Crippen LogP contribution in [0.15, 0.2) is 73.1 Å². The zero-order chi connectivity index (χ0) is 24.4. The van der Waals surface area contributed by atoms with Crippen LogP contribution < -0.4 is 14.2 Å². The van der Waals surface area contributed by atoms with Crippen molar-refractivity contribution in [2.45, 2.75) is 6.42 Å². The first kappa shape index (κ1) is 22.5. The molecule has 178 valence electrons. The first-order chi connectivity index (χ1) is 17.1. The summed E-state index contributed by atoms with van der Waals surface area (Å²) in [6, 6.07) is 19.4. The van der Waals surface area contributed by atoms with Gasteiger partial charge in [-0.05, 0) is 48.4 Å². The number of imidazole rings is 1. The zero-order valence-corrected chi connectivity index (χ0v) is 20.0. The van der Waals surface area contributed by atoms with Crippen molar-refractivity contribution in [3.63, 3.8) is 0 Å². The number of hydrogen-bond donors (Lipinski definition) is 0. The Morgan fingerprint density at radius 1 is 0.914 bits per heavy atom. The van der Waals surface area contributed by atoms with Crippen LogP contribution in [0.4, 0.5) is 0 Å². The number of nitrogens with zero attached hydrogens (tertiary/aromatic N) is 3. The summed E-state index contributed by atoms with van der Waals surface area (Å²) in [5.74, 6) is 2.06. The maximum atomic E-state index is 13.2. The van der Waals surface area contributed by atoms with Gasteiger partial charge in [-0.3, -0.25) is 9.36 Å². The largest absolute Gasteiger partial charge is 0.496 e. The van der Waals surface area contributed by atoms with Crippen molar-refractivity contribution in [3.05, 3.63) is 84.2 Å². The SMILES string of the molecule is COc1cc(OC)c(C2=CCN(C(=O)c3ccc(-n4cnc5ccccc54)cc3)CC2)c(OC)c1. The highest BCUT2D eigenvalue weighted by Gasteiger charge is 2.23. The summed E-state index contributed by atoms with van der Waals surface area (Å²) in [4.78, 5) is 19.5. The first-order valence-electron chi connectivity index (χ1n) is 11.4. The van der Waals surface area contributed by atoms with Crippen molar-refractivity contribution in [2.24, 2.45) is 0 Å². The Kier molecular flexibility index (Phi) is 6.14. The molecule has 0 unspecified atom stereocenters. The van der Waals surface area contributed by atoms with Crippen LogP contribution in [0.1, 0.15) is 22.3 Å². The van der Waals surface area contributed by atoms with E-state index in [1.54, 1.807) is 27.7 Å². The van der Waals surface area contributed by atoms with Crippen LogP contribution in [0, 0.1) is 0 Å². The van der Waals surface area contributed by atoms with Crippen LogP contribution in [0.2, 0.25) is 0 Å². The second-order valence-electron chi connectivity index (χ2n) is 8.29. The standard InChI is InChI=1S/C28H27N3O4/c1-33-22-16-25(34-2)27(26(17-22)35-3)19-12-14-30(15-13-19)28(32)20-8-10-21(11-9-20)31-18-29-23-6-4-5-7-24(23)31/h4-12,16-18H,13-15H2,1-3H3.